The maximum Gasteiger partial charge on any atom is 0.139 e. The van der Waals surface area contributed by atoms with Crippen molar-refractivity contribution in [2.24, 2.45) is 17.3 Å². The second-order valence-electron chi connectivity index (χ2n) is 5.01. The molecule has 1 spiro atoms. The molecule has 0 amide bonds. The van der Waals surface area contributed by atoms with Crippen molar-refractivity contribution in [2.75, 3.05) is 0 Å². The molecule has 2 bridgehead atoms. The summed E-state index contributed by atoms with van der Waals surface area (Å²) in [5.74, 6) is 2.35. The summed E-state index contributed by atoms with van der Waals surface area (Å²) in [6.07, 6.45) is 8.72. The van der Waals surface area contributed by atoms with Gasteiger partial charge in [-0.15, -0.1) is 0 Å². The molecule has 0 aromatic rings. The SMILES string of the molecule is O=C1CCC[C@@]12C[C@H]1CC[C@@H]2C1. The molecule has 3 aliphatic rings. The first-order valence-corrected chi connectivity index (χ1v) is 5.34. The number of hydrogen-bond acceptors (Lipinski definition) is 1. The van der Waals surface area contributed by atoms with Gasteiger partial charge in [0.25, 0.3) is 0 Å². The molecule has 0 N–H and O–H groups in total. The van der Waals surface area contributed by atoms with Crippen molar-refractivity contribution in [3.8, 4) is 0 Å². The van der Waals surface area contributed by atoms with Crippen LogP contribution in [0.25, 0.3) is 0 Å². The molecule has 3 aliphatic carbocycles. The fourth-order valence-corrected chi connectivity index (χ4v) is 4.04. The molecule has 1 nitrogen and oxygen atoms in total. The van der Waals surface area contributed by atoms with E-state index in [0.29, 0.717) is 5.78 Å². The van der Waals surface area contributed by atoms with Crippen LogP contribution in [0.3, 0.4) is 0 Å². The summed E-state index contributed by atoms with van der Waals surface area (Å²) in [4.78, 5) is 11.8. The van der Waals surface area contributed by atoms with E-state index in [1.165, 1.54) is 38.5 Å². The van der Waals surface area contributed by atoms with Gasteiger partial charge >= 0.3 is 0 Å². The van der Waals surface area contributed by atoms with E-state index >= 15 is 0 Å². The molecule has 3 fully saturated rings. The zero-order valence-electron chi connectivity index (χ0n) is 7.51. The van der Waals surface area contributed by atoms with Gasteiger partial charge in [-0.1, -0.05) is 6.42 Å². The van der Waals surface area contributed by atoms with Crippen LogP contribution < -0.4 is 0 Å². The van der Waals surface area contributed by atoms with E-state index in [9.17, 15) is 4.79 Å². The molecule has 3 saturated carbocycles. The molecule has 0 aromatic heterocycles. The zero-order chi connectivity index (χ0) is 8.18. The molecular formula is C11H16O. The van der Waals surface area contributed by atoms with Crippen molar-refractivity contribution < 1.29 is 4.79 Å². The number of ketones is 1. The molecule has 3 rings (SSSR count). The van der Waals surface area contributed by atoms with Crippen LogP contribution in [0.1, 0.15) is 44.9 Å². The highest BCUT2D eigenvalue weighted by molar-refractivity contribution is 5.87. The summed E-state index contributed by atoms with van der Waals surface area (Å²) in [5.41, 5.74) is 0.225. The average Bonchev–Trinajstić information content (AvgIpc) is 2.69. The van der Waals surface area contributed by atoms with Gasteiger partial charge in [0, 0.05) is 11.8 Å². The molecular weight excluding hydrogens is 148 g/mol. The lowest BCUT2D eigenvalue weighted by Gasteiger charge is -2.31. The first-order chi connectivity index (χ1) is 5.81. The second kappa shape index (κ2) is 2.12. The van der Waals surface area contributed by atoms with Gasteiger partial charge in [0.2, 0.25) is 0 Å². The van der Waals surface area contributed by atoms with Crippen LogP contribution in [-0.2, 0) is 4.79 Å². The lowest BCUT2D eigenvalue weighted by molar-refractivity contribution is -0.128. The normalized spacial score (nSPS) is 51.2. The second-order valence-corrected chi connectivity index (χ2v) is 5.01. The Morgan fingerprint density at radius 1 is 1.33 bits per heavy atom. The highest BCUT2D eigenvalue weighted by Gasteiger charge is 2.56. The monoisotopic (exact) mass is 164 g/mol. The van der Waals surface area contributed by atoms with Crippen molar-refractivity contribution in [3.05, 3.63) is 0 Å². The summed E-state index contributed by atoms with van der Waals surface area (Å²) >= 11 is 0. The molecule has 66 valence electrons. The number of rotatable bonds is 0. The predicted molar refractivity (Wildman–Crippen MR) is 46.7 cm³/mol. The number of fused-ring (bicyclic) bond motifs is 3. The van der Waals surface area contributed by atoms with Gasteiger partial charge in [0.15, 0.2) is 0 Å². The Balaban J connectivity index is 1.96. The third-order valence-corrected chi connectivity index (χ3v) is 4.56. The number of carbonyl (C=O) groups excluding carboxylic acids is 1. The molecule has 0 unspecified atom stereocenters. The fraction of sp³-hybridized carbons (Fsp3) is 0.909. The summed E-state index contributed by atoms with van der Waals surface area (Å²) < 4.78 is 0. The number of hydrogen-bond donors (Lipinski definition) is 0. The molecule has 0 aliphatic heterocycles. The quantitative estimate of drug-likeness (QED) is 0.537. The molecule has 1 heteroatoms. The van der Waals surface area contributed by atoms with E-state index in [4.69, 9.17) is 0 Å². The van der Waals surface area contributed by atoms with Crippen LogP contribution >= 0.6 is 0 Å². The van der Waals surface area contributed by atoms with E-state index in [-0.39, 0.29) is 5.41 Å². The van der Waals surface area contributed by atoms with Crippen LogP contribution in [0.15, 0.2) is 0 Å². The lowest BCUT2D eigenvalue weighted by Crippen LogP contribution is -2.31. The van der Waals surface area contributed by atoms with Gasteiger partial charge in [0.05, 0.1) is 0 Å². The minimum Gasteiger partial charge on any atom is -0.299 e. The third-order valence-electron chi connectivity index (χ3n) is 4.56. The maximum atomic E-state index is 11.8. The Hall–Kier alpha value is -0.330. The van der Waals surface area contributed by atoms with Gasteiger partial charge in [0.1, 0.15) is 5.78 Å². The minimum atomic E-state index is 0.225. The van der Waals surface area contributed by atoms with Gasteiger partial charge in [-0.25, -0.2) is 0 Å². The highest BCUT2D eigenvalue weighted by Crippen LogP contribution is 2.61. The summed E-state index contributed by atoms with van der Waals surface area (Å²) in [6.45, 7) is 0. The minimum absolute atomic E-state index is 0.225. The van der Waals surface area contributed by atoms with E-state index in [1.807, 2.05) is 0 Å². The summed E-state index contributed by atoms with van der Waals surface area (Å²) in [7, 11) is 0. The van der Waals surface area contributed by atoms with Gasteiger partial charge in [-0.3, -0.25) is 4.79 Å². The summed E-state index contributed by atoms with van der Waals surface area (Å²) in [6, 6.07) is 0. The van der Waals surface area contributed by atoms with Crippen LogP contribution in [0.2, 0.25) is 0 Å². The first kappa shape index (κ1) is 7.11. The molecule has 3 atom stereocenters. The highest BCUT2D eigenvalue weighted by atomic mass is 16.1. The zero-order valence-corrected chi connectivity index (χ0v) is 7.51. The van der Waals surface area contributed by atoms with Gasteiger partial charge in [-0.2, -0.15) is 0 Å². The smallest absolute Gasteiger partial charge is 0.139 e. The number of carbonyl (C=O) groups is 1. The van der Waals surface area contributed by atoms with E-state index in [0.717, 1.165) is 18.3 Å². The van der Waals surface area contributed by atoms with Crippen LogP contribution in [0.5, 0.6) is 0 Å². The Bertz CT molecular complexity index is 233. The number of Topliss-reactive ketones (excluding diaryl/α,β-unsaturated/α-hetero) is 1. The fourth-order valence-electron chi connectivity index (χ4n) is 4.04. The molecule has 12 heavy (non-hydrogen) atoms. The Morgan fingerprint density at radius 3 is 2.75 bits per heavy atom. The van der Waals surface area contributed by atoms with E-state index in [2.05, 4.69) is 0 Å². The topological polar surface area (TPSA) is 17.1 Å². The van der Waals surface area contributed by atoms with Crippen LogP contribution in [0, 0.1) is 17.3 Å². The Morgan fingerprint density at radius 2 is 2.25 bits per heavy atom. The van der Waals surface area contributed by atoms with Gasteiger partial charge < -0.3 is 0 Å². The Kier molecular flexibility index (Phi) is 1.26. The van der Waals surface area contributed by atoms with E-state index < -0.39 is 0 Å². The average molecular weight is 164 g/mol. The largest absolute Gasteiger partial charge is 0.299 e. The van der Waals surface area contributed by atoms with Crippen LogP contribution in [0.4, 0.5) is 0 Å². The van der Waals surface area contributed by atoms with Crippen molar-refractivity contribution in [1.29, 1.82) is 0 Å². The first-order valence-electron chi connectivity index (χ1n) is 5.34. The standard InChI is InChI=1S/C11H16O/c12-10-2-1-5-11(10)7-8-3-4-9(11)6-8/h8-9H,1-7H2/t8-,9+,11-/m0/s1. The summed E-state index contributed by atoms with van der Waals surface area (Å²) in [5, 5.41) is 0. The predicted octanol–water partition coefficient (Wildman–Crippen LogP) is 2.55. The third kappa shape index (κ3) is 0.681. The van der Waals surface area contributed by atoms with Crippen molar-refractivity contribution in [1.82, 2.24) is 0 Å². The molecule has 0 aromatic carbocycles. The van der Waals surface area contributed by atoms with E-state index in [1.54, 1.807) is 0 Å². The molecule has 0 radical (unpaired) electrons. The van der Waals surface area contributed by atoms with Crippen molar-refractivity contribution >= 4 is 5.78 Å². The maximum absolute atomic E-state index is 11.8. The van der Waals surface area contributed by atoms with Crippen molar-refractivity contribution in [3.63, 3.8) is 0 Å². The molecule has 0 heterocycles. The van der Waals surface area contributed by atoms with Gasteiger partial charge in [-0.05, 0) is 43.9 Å². The van der Waals surface area contributed by atoms with Crippen molar-refractivity contribution in [2.45, 2.75) is 44.9 Å². The molecule has 0 saturated heterocycles. The Labute approximate surface area is 73.5 Å². The van der Waals surface area contributed by atoms with Crippen LogP contribution in [-0.4, -0.2) is 5.78 Å². The lowest BCUT2D eigenvalue weighted by atomic mass is 9.71.